The Labute approximate surface area is 130 Å². The highest BCUT2D eigenvalue weighted by atomic mass is 16.6. The summed E-state index contributed by atoms with van der Waals surface area (Å²) in [6.45, 7) is 3.74. The van der Waals surface area contributed by atoms with Crippen molar-refractivity contribution in [2.75, 3.05) is 13.2 Å². The molecule has 5 heteroatoms. The number of furan rings is 1. The molecule has 1 rings (SSSR count). The molecule has 0 unspecified atom stereocenters. The first kappa shape index (κ1) is 17.6. The van der Waals surface area contributed by atoms with Crippen molar-refractivity contribution in [3.05, 3.63) is 36.3 Å². The van der Waals surface area contributed by atoms with E-state index in [4.69, 9.17) is 20.3 Å². The lowest BCUT2D eigenvalue weighted by Gasteiger charge is -2.12. The second kappa shape index (κ2) is 9.46. The Bertz CT molecular complexity index is 518. The highest BCUT2D eigenvalue weighted by Crippen LogP contribution is 2.22. The molecule has 0 aliphatic carbocycles. The fourth-order valence-corrected chi connectivity index (χ4v) is 1.87. The van der Waals surface area contributed by atoms with Crippen molar-refractivity contribution in [1.29, 1.82) is 0 Å². The first-order chi connectivity index (χ1) is 10.6. The second-order valence-electron chi connectivity index (χ2n) is 4.44. The first-order valence-corrected chi connectivity index (χ1v) is 7.11. The van der Waals surface area contributed by atoms with Gasteiger partial charge in [-0.3, -0.25) is 9.59 Å². The van der Waals surface area contributed by atoms with E-state index in [9.17, 15) is 9.59 Å². The molecule has 0 aliphatic rings. The summed E-state index contributed by atoms with van der Waals surface area (Å²) in [4.78, 5) is 23.8. The van der Waals surface area contributed by atoms with Crippen LogP contribution in [0.15, 0.2) is 35.2 Å². The van der Waals surface area contributed by atoms with Crippen LogP contribution in [0.3, 0.4) is 0 Å². The molecule has 1 aromatic rings. The van der Waals surface area contributed by atoms with Gasteiger partial charge in [0.2, 0.25) is 0 Å². The number of allylic oxidation sites excluding steroid dienone is 1. The summed E-state index contributed by atoms with van der Waals surface area (Å²) in [7, 11) is 0. The first-order valence-electron chi connectivity index (χ1n) is 7.11. The van der Waals surface area contributed by atoms with Crippen LogP contribution in [0.1, 0.15) is 31.7 Å². The zero-order valence-electron chi connectivity index (χ0n) is 12.8. The van der Waals surface area contributed by atoms with Gasteiger partial charge in [0, 0.05) is 12.3 Å². The largest absolute Gasteiger partial charge is 0.472 e. The monoisotopic (exact) mass is 304 g/mol. The number of rotatable bonds is 8. The lowest BCUT2D eigenvalue weighted by atomic mass is 9.96. The number of ether oxygens (including phenoxy) is 2. The minimum Gasteiger partial charge on any atom is -0.472 e. The molecule has 0 aromatic carbocycles. The van der Waals surface area contributed by atoms with Crippen LogP contribution >= 0.6 is 0 Å². The van der Waals surface area contributed by atoms with Crippen LogP contribution in [0.2, 0.25) is 0 Å². The van der Waals surface area contributed by atoms with Gasteiger partial charge in [-0.1, -0.05) is 12.2 Å². The Balaban J connectivity index is 2.92. The lowest BCUT2D eigenvalue weighted by Crippen LogP contribution is -2.26. The van der Waals surface area contributed by atoms with E-state index in [1.165, 1.54) is 6.08 Å². The fraction of sp³-hybridized carbons (Fsp3) is 0.412. The van der Waals surface area contributed by atoms with Gasteiger partial charge in [-0.25, -0.2) is 0 Å². The molecule has 0 bridgehead atoms. The topological polar surface area (TPSA) is 65.7 Å². The molecule has 0 radical (unpaired) electrons. The van der Waals surface area contributed by atoms with Crippen molar-refractivity contribution in [2.24, 2.45) is 5.92 Å². The van der Waals surface area contributed by atoms with E-state index >= 15 is 0 Å². The van der Waals surface area contributed by atoms with E-state index in [0.717, 1.165) is 5.56 Å². The third kappa shape index (κ3) is 5.13. The van der Waals surface area contributed by atoms with Gasteiger partial charge in [-0.05, 0) is 25.5 Å². The molecule has 118 valence electrons. The van der Waals surface area contributed by atoms with E-state index in [2.05, 4.69) is 5.92 Å². The minimum atomic E-state index is -1.09. The van der Waals surface area contributed by atoms with Crippen molar-refractivity contribution >= 4 is 11.9 Å². The van der Waals surface area contributed by atoms with E-state index < -0.39 is 17.9 Å². The van der Waals surface area contributed by atoms with Gasteiger partial charge in [0.15, 0.2) is 5.92 Å². The molecule has 0 fully saturated rings. The van der Waals surface area contributed by atoms with Crippen LogP contribution in [-0.4, -0.2) is 25.2 Å². The standard InChI is InChI=1S/C17H20O5/c1-4-7-13(14-10-11-20-12-14)8-9-15(16(18)21-5-2)17(19)22-6-3/h1,8-13,15H,5-7H2,2-3H3/b9-8+/t13-/m1/s1. The molecule has 0 N–H and O–H groups in total. The summed E-state index contributed by atoms with van der Waals surface area (Å²) in [6.07, 6.45) is 12.1. The van der Waals surface area contributed by atoms with Crippen LogP contribution < -0.4 is 0 Å². The van der Waals surface area contributed by atoms with Crippen molar-refractivity contribution < 1.29 is 23.5 Å². The molecule has 1 atom stereocenters. The number of terminal acetylenes is 1. The third-order valence-corrected chi connectivity index (χ3v) is 2.93. The summed E-state index contributed by atoms with van der Waals surface area (Å²) >= 11 is 0. The molecule has 0 amide bonds. The van der Waals surface area contributed by atoms with Gasteiger partial charge in [0.25, 0.3) is 0 Å². The minimum absolute atomic E-state index is 0.143. The molecule has 5 nitrogen and oxygen atoms in total. The summed E-state index contributed by atoms with van der Waals surface area (Å²) in [5.41, 5.74) is 0.876. The highest BCUT2D eigenvalue weighted by Gasteiger charge is 2.27. The zero-order chi connectivity index (χ0) is 16.4. The number of hydrogen-bond acceptors (Lipinski definition) is 5. The molecular formula is C17H20O5. The van der Waals surface area contributed by atoms with Crippen molar-refractivity contribution in [2.45, 2.75) is 26.2 Å². The Hall–Kier alpha value is -2.48. The summed E-state index contributed by atoms with van der Waals surface area (Å²) in [6, 6.07) is 1.79. The fourth-order valence-electron chi connectivity index (χ4n) is 1.87. The maximum atomic E-state index is 11.9. The predicted octanol–water partition coefficient (Wildman–Crippen LogP) is 2.69. The van der Waals surface area contributed by atoms with Gasteiger partial charge in [-0.15, -0.1) is 12.3 Å². The lowest BCUT2D eigenvalue weighted by molar-refractivity contribution is -0.158. The molecule has 22 heavy (non-hydrogen) atoms. The molecule has 0 saturated heterocycles. The van der Waals surface area contributed by atoms with E-state index in [0.29, 0.717) is 6.42 Å². The smallest absolute Gasteiger partial charge is 0.324 e. The van der Waals surface area contributed by atoms with Gasteiger partial charge < -0.3 is 13.9 Å². The molecule has 0 saturated carbocycles. The van der Waals surface area contributed by atoms with Crippen LogP contribution in [0.25, 0.3) is 0 Å². The van der Waals surface area contributed by atoms with Crippen molar-refractivity contribution in [3.63, 3.8) is 0 Å². The quantitative estimate of drug-likeness (QED) is 0.320. The SMILES string of the molecule is C#CC[C@H](/C=C/C(C(=O)OCC)C(=O)OCC)c1ccoc1. The third-order valence-electron chi connectivity index (χ3n) is 2.93. The summed E-state index contributed by atoms with van der Waals surface area (Å²) < 4.78 is 14.8. The summed E-state index contributed by atoms with van der Waals surface area (Å²) in [5, 5.41) is 0. The maximum absolute atomic E-state index is 11.9. The Morgan fingerprint density at radius 1 is 1.27 bits per heavy atom. The zero-order valence-corrected chi connectivity index (χ0v) is 12.8. The summed E-state index contributed by atoms with van der Waals surface area (Å²) in [5.74, 6) is 0.0586. The van der Waals surface area contributed by atoms with Crippen molar-refractivity contribution in [1.82, 2.24) is 0 Å². The average Bonchev–Trinajstić information content (AvgIpc) is 3.01. The Morgan fingerprint density at radius 3 is 2.36 bits per heavy atom. The number of carbonyl (C=O) groups excluding carboxylic acids is 2. The second-order valence-corrected chi connectivity index (χ2v) is 4.44. The number of hydrogen-bond donors (Lipinski definition) is 0. The molecule has 0 aliphatic heterocycles. The highest BCUT2D eigenvalue weighted by molar-refractivity contribution is 5.97. The van der Waals surface area contributed by atoms with Gasteiger partial charge in [0.1, 0.15) is 0 Å². The molecule has 0 spiro atoms. The van der Waals surface area contributed by atoms with Gasteiger partial charge in [0.05, 0.1) is 25.7 Å². The Kier molecular flexibility index (Phi) is 7.55. The van der Waals surface area contributed by atoms with E-state index in [1.54, 1.807) is 38.5 Å². The van der Waals surface area contributed by atoms with Gasteiger partial charge >= 0.3 is 11.9 Å². The van der Waals surface area contributed by atoms with Crippen molar-refractivity contribution in [3.8, 4) is 12.3 Å². The van der Waals surface area contributed by atoms with Crippen LogP contribution in [-0.2, 0) is 19.1 Å². The number of carbonyl (C=O) groups is 2. The molecular weight excluding hydrogens is 284 g/mol. The van der Waals surface area contributed by atoms with E-state index in [1.807, 2.05) is 0 Å². The molecule has 1 aromatic heterocycles. The van der Waals surface area contributed by atoms with Crippen LogP contribution in [0.4, 0.5) is 0 Å². The van der Waals surface area contributed by atoms with Crippen LogP contribution in [0, 0.1) is 18.3 Å². The van der Waals surface area contributed by atoms with Gasteiger partial charge in [-0.2, -0.15) is 0 Å². The average molecular weight is 304 g/mol. The normalized spacial score (nSPS) is 12.1. The number of esters is 2. The van der Waals surface area contributed by atoms with Crippen LogP contribution in [0.5, 0.6) is 0 Å². The maximum Gasteiger partial charge on any atom is 0.324 e. The Morgan fingerprint density at radius 2 is 1.91 bits per heavy atom. The molecule has 1 heterocycles. The predicted molar refractivity (Wildman–Crippen MR) is 80.8 cm³/mol. The van der Waals surface area contributed by atoms with E-state index in [-0.39, 0.29) is 19.1 Å².